The zero-order valence-corrected chi connectivity index (χ0v) is 14.8. The minimum absolute atomic E-state index is 0.0123. The Morgan fingerprint density at radius 2 is 1.68 bits per heavy atom. The van der Waals surface area contributed by atoms with Gasteiger partial charge in [0.15, 0.2) is 0 Å². The average Bonchev–Trinajstić information content (AvgIpc) is 2.48. The van der Waals surface area contributed by atoms with Crippen LogP contribution in [0.25, 0.3) is 0 Å². The highest BCUT2D eigenvalue weighted by Gasteiger charge is 2.22. The molecule has 0 saturated heterocycles. The number of sulfonamides is 1. The number of methoxy groups -OCH3 is 2. The molecule has 1 N–H and O–H groups in total. The molecule has 0 unspecified atom stereocenters. The summed E-state index contributed by atoms with van der Waals surface area (Å²) in [5.41, 5.74) is 1.35. The van der Waals surface area contributed by atoms with Crippen LogP contribution in [0.3, 0.4) is 0 Å². The lowest BCUT2D eigenvalue weighted by Crippen LogP contribution is -2.15. The number of benzene rings is 2. The second-order valence-electron chi connectivity index (χ2n) is 4.56. The van der Waals surface area contributed by atoms with E-state index >= 15 is 0 Å². The molecule has 0 aliphatic carbocycles. The minimum Gasteiger partial charge on any atom is -0.496 e. The monoisotopic (exact) mass is 385 g/mol. The maximum absolute atomic E-state index is 12.7. The lowest BCUT2D eigenvalue weighted by molar-refractivity contribution is 0.390. The van der Waals surface area contributed by atoms with Gasteiger partial charge in [0.25, 0.3) is 10.0 Å². The zero-order valence-electron chi connectivity index (χ0n) is 12.4. The third-order valence-corrected chi connectivity index (χ3v) is 5.12. The fourth-order valence-electron chi connectivity index (χ4n) is 1.93. The van der Waals surface area contributed by atoms with E-state index in [0.717, 1.165) is 5.56 Å². The highest BCUT2D eigenvalue weighted by atomic mass is 79.9. The fraction of sp³-hybridized carbons (Fsp3) is 0.200. The Balaban J connectivity index is 2.51. The molecule has 0 aromatic heterocycles. The molecule has 2 rings (SSSR count). The maximum Gasteiger partial charge on any atom is 0.265 e. The molecule has 0 radical (unpaired) electrons. The van der Waals surface area contributed by atoms with Crippen molar-refractivity contribution in [3.8, 4) is 11.5 Å². The normalized spacial score (nSPS) is 11.1. The van der Waals surface area contributed by atoms with Crippen molar-refractivity contribution in [2.45, 2.75) is 11.8 Å². The number of anilines is 1. The Bertz CT molecular complexity index is 790. The summed E-state index contributed by atoms with van der Waals surface area (Å²) in [6.45, 7) is 1.83. The third-order valence-electron chi connectivity index (χ3n) is 3.12. The van der Waals surface area contributed by atoms with Gasteiger partial charge < -0.3 is 9.47 Å². The first kappa shape index (κ1) is 16.6. The van der Waals surface area contributed by atoms with E-state index in [0.29, 0.717) is 15.9 Å². The van der Waals surface area contributed by atoms with Crippen LogP contribution in [0.1, 0.15) is 5.56 Å². The number of hydrogen-bond acceptors (Lipinski definition) is 4. The van der Waals surface area contributed by atoms with E-state index in [2.05, 4.69) is 20.7 Å². The molecule has 2 aromatic rings. The number of hydrogen-bond donors (Lipinski definition) is 1. The predicted molar refractivity (Wildman–Crippen MR) is 89.2 cm³/mol. The summed E-state index contributed by atoms with van der Waals surface area (Å²) in [6.07, 6.45) is 0. The van der Waals surface area contributed by atoms with E-state index < -0.39 is 10.0 Å². The molecule has 0 spiro atoms. The first-order valence-electron chi connectivity index (χ1n) is 6.39. The van der Waals surface area contributed by atoms with E-state index in [9.17, 15) is 8.42 Å². The molecule has 0 atom stereocenters. The lowest BCUT2D eigenvalue weighted by Gasteiger charge is -2.15. The Morgan fingerprint density at radius 3 is 2.27 bits per heavy atom. The van der Waals surface area contributed by atoms with Gasteiger partial charge in [-0.2, -0.15) is 0 Å². The Kier molecular flexibility index (Phi) is 4.97. The topological polar surface area (TPSA) is 64.6 Å². The van der Waals surface area contributed by atoms with Crippen molar-refractivity contribution >= 4 is 31.6 Å². The summed E-state index contributed by atoms with van der Waals surface area (Å²) in [7, 11) is -0.916. The molecular formula is C15H16BrNO4S. The standard InChI is InChI=1S/C15H16BrNO4S/c1-10-6-4-5-7-12(10)17-22(18,19)15-9-13(20-2)11(16)8-14(15)21-3/h4-9,17H,1-3H3. The van der Waals surface area contributed by atoms with E-state index in [1.165, 1.54) is 20.3 Å². The van der Waals surface area contributed by atoms with Gasteiger partial charge in [-0.25, -0.2) is 8.42 Å². The molecule has 0 amide bonds. The molecule has 0 saturated carbocycles. The number of rotatable bonds is 5. The number of nitrogens with one attached hydrogen (secondary N) is 1. The molecule has 5 nitrogen and oxygen atoms in total. The molecule has 0 bridgehead atoms. The highest BCUT2D eigenvalue weighted by Crippen LogP contribution is 2.36. The van der Waals surface area contributed by atoms with E-state index in [1.807, 2.05) is 19.1 Å². The van der Waals surface area contributed by atoms with Gasteiger partial charge in [-0.1, -0.05) is 18.2 Å². The van der Waals surface area contributed by atoms with Gasteiger partial charge in [-0.3, -0.25) is 4.72 Å². The van der Waals surface area contributed by atoms with Crippen LogP contribution in [-0.2, 0) is 10.0 Å². The van der Waals surface area contributed by atoms with Gasteiger partial charge in [-0.05, 0) is 40.5 Å². The van der Waals surface area contributed by atoms with Crippen molar-refractivity contribution in [1.29, 1.82) is 0 Å². The van der Waals surface area contributed by atoms with Gasteiger partial charge in [0.05, 0.1) is 24.4 Å². The summed E-state index contributed by atoms with van der Waals surface area (Å²) in [6, 6.07) is 10.1. The first-order chi connectivity index (χ1) is 10.4. The van der Waals surface area contributed by atoms with Crippen LogP contribution in [0.15, 0.2) is 45.8 Å². The van der Waals surface area contributed by atoms with Crippen LogP contribution in [0, 0.1) is 6.92 Å². The Hall–Kier alpha value is -1.73. The van der Waals surface area contributed by atoms with Gasteiger partial charge in [0.1, 0.15) is 16.4 Å². The largest absolute Gasteiger partial charge is 0.496 e. The van der Waals surface area contributed by atoms with Crippen molar-refractivity contribution in [3.05, 3.63) is 46.4 Å². The Labute approximate surface area is 138 Å². The second kappa shape index (κ2) is 6.58. The van der Waals surface area contributed by atoms with Crippen molar-refractivity contribution in [3.63, 3.8) is 0 Å². The molecule has 118 valence electrons. The fourth-order valence-corrected chi connectivity index (χ4v) is 3.71. The summed E-state index contributed by atoms with van der Waals surface area (Å²) < 4.78 is 38.8. The molecular weight excluding hydrogens is 370 g/mol. The van der Waals surface area contributed by atoms with Crippen molar-refractivity contribution in [2.24, 2.45) is 0 Å². The number of ether oxygens (including phenoxy) is 2. The molecule has 0 heterocycles. The predicted octanol–water partition coefficient (Wildman–Crippen LogP) is 3.58. The van der Waals surface area contributed by atoms with Gasteiger partial charge in [0, 0.05) is 6.07 Å². The smallest absolute Gasteiger partial charge is 0.265 e. The average molecular weight is 386 g/mol. The highest BCUT2D eigenvalue weighted by molar-refractivity contribution is 9.10. The molecule has 22 heavy (non-hydrogen) atoms. The summed E-state index contributed by atoms with van der Waals surface area (Å²) >= 11 is 3.31. The van der Waals surface area contributed by atoms with Gasteiger partial charge >= 0.3 is 0 Å². The number of aryl methyl sites for hydroxylation is 1. The molecule has 0 fully saturated rings. The molecule has 7 heteroatoms. The van der Waals surface area contributed by atoms with Crippen LogP contribution in [-0.4, -0.2) is 22.6 Å². The van der Waals surface area contributed by atoms with Crippen LogP contribution < -0.4 is 14.2 Å². The second-order valence-corrected chi connectivity index (χ2v) is 7.06. The summed E-state index contributed by atoms with van der Waals surface area (Å²) in [5, 5.41) is 0. The van der Waals surface area contributed by atoms with E-state index in [4.69, 9.17) is 9.47 Å². The number of para-hydroxylation sites is 1. The van der Waals surface area contributed by atoms with Crippen LogP contribution in [0.5, 0.6) is 11.5 Å². The molecule has 0 aliphatic heterocycles. The summed E-state index contributed by atoms with van der Waals surface area (Å²) in [4.78, 5) is 0.0123. The number of halogens is 1. The van der Waals surface area contributed by atoms with E-state index in [-0.39, 0.29) is 10.6 Å². The lowest BCUT2D eigenvalue weighted by atomic mass is 10.2. The molecule has 2 aromatic carbocycles. The van der Waals surface area contributed by atoms with Gasteiger partial charge in [0.2, 0.25) is 0 Å². The maximum atomic E-state index is 12.7. The zero-order chi connectivity index (χ0) is 16.3. The first-order valence-corrected chi connectivity index (χ1v) is 8.66. The van der Waals surface area contributed by atoms with E-state index in [1.54, 1.807) is 18.2 Å². The van der Waals surface area contributed by atoms with Crippen LogP contribution >= 0.6 is 15.9 Å². The van der Waals surface area contributed by atoms with Crippen molar-refractivity contribution < 1.29 is 17.9 Å². The summed E-state index contributed by atoms with van der Waals surface area (Å²) in [5.74, 6) is 0.639. The van der Waals surface area contributed by atoms with Crippen LogP contribution in [0.2, 0.25) is 0 Å². The minimum atomic E-state index is -3.80. The Morgan fingerprint density at radius 1 is 1.05 bits per heavy atom. The van der Waals surface area contributed by atoms with Gasteiger partial charge in [-0.15, -0.1) is 0 Å². The SMILES string of the molecule is COc1cc(S(=O)(=O)Nc2ccccc2C)c(OC)cc1Br. The van der Waals surface area contributed by atoms with Crippen molar-refractivity contribution in [1.82, 2.24) is 0 Å². The van der Waals surface area contributed by atoms with Crippen molar-refractivity contribution in [2.75, 3.05) is 18.9 Å². The third kappa shape index (κ3) is 3.36. The quantitative estimate of drug-likeness (QED) is 0.853. The van der Waals surface area contributed by atoms with Crippen LogP contribution in [0.4, 0.5) is 5.69 Å². The molecule has 0 aliphatic rings.